The molecule has 0 radical (unpaired) electrons. The first kappa shape index (κ1) is 18.9. The Bertz CT molecular complexity index is 895. The third-order valence-corrected chi connectivity index (χ3v) is 5.75. The SMILES string of the molecule is O=C(Cn1nc2c(c1NC(=O)c1cccc(F)c1)CSC2)NCC1CCCO1. The van der Waals surface area contributed by atoms with Crippen LogP contribution in [-0.4, -0.2) is 40.9 Å². The molecule has 0 saturated carbocycles. The molecular weight excluding hydrogens is 383 g/mol. The van der Waals surface area contributed by atoms with Crippen LogP contribution in [0.1, 0.15) is 34.5 Å². The summed E-state index contributed by atoms with van der Waals surface area (Å²) in [6.07, 6.45) is 2.03. The average Bonchev–Trinajstić information content (AvgIpc) is 3.40. The van der Waals surface area contributed by atoms with Crippen LogP contribution >= 0.6 is 11.8 Å². The zero-order valence-electron chi connectivity index (χ0n) is 15.2. The van der Waals surface area contributed by atoms with E-state index in [0.717, 1.165) is 36.5 Å². The standard InChI is InChI=1S/C19H21FN4O3S/c20-13-4-1-3-12(7-13)19(26)22-18-15-10-28-11-16(15)23-24(18)9-17(25)21-8-14-5-2-6-27-14/h1,3-4,7,14H,2,5-6,8-11H2,(H,21,25)(H,22,26). The van der Waals surface area contributed by atoms with E-state index in [9.17, 15) is 14.0 Å². The van der Waals surface area contributed by atoms with Crippen molar-refractivity contribution in [2.45, 2.75) is 37.0 Å². The van der Waals surface area contributed by atoms with E-state index in [2.05, 4.69) is 15.7 Å². The summed E-state index contributed by atoms with van der Waals surface area (Å²) in [6, 6.07) is 5.50. The number of nitrogens with one attached hydrogen (secondary N) is 2. The van der Waals surface area contributed by atoms with Gasteiger partial charge < -0.3 is 15.4 Å². The van der Waals surface area contributed by atoms with E-state index in [1.54, 1.807) is 17.8 Å². The molecule has 0 aliphatic carbocycles. The summed E-state index contributed by atoms with van der Waals surface area (Å²) >= 11 is 1.70. The summed E-state index contributed by atoms with van der Waals surface area (Å²) in [6.45, 7) is 1.21. The van der Waals surface area contributed by atoms with Gasteiger partial charge in [-0.15, -0.1) is 0 Å². The normalized spacial score (nSPS) is 18.1. The first-order chi connectivity index (χ1) is 13.6. The van der Waals surface area contributed by atoms with Gasteiger partial charge in [0.1, 0.15) is 18.2 Å². The molecule has 1 saturated heterocycles. The first-order valence-electron chi connectivity index (χ1n) is 9.21. The molecule has 1 aromatic carbocycles. The van der Waals surface area contributed by atoms with Crippen molar-refractivity contribution in [3.63, 3.8) is 0 Å². The predicted molar refractivity (Wildman–Crippen MR) is 104 cm³/mol. The number of amides is 2. The Labute approximate surface area is 166 Å². The van der Waals surface area contributed by atoms with Gasteiger partial charge in [-0.3, -0.25) is 9.59 Å². The Morgan fingerprint density at radius 1 is 1.36 bits per heavy atom. The number of anilines is 1. The summed E-state index contributed by atoms with van der Waals surface area (Å²) in [4.78, 5) is 24.9. The molecule has 2 amide bonds. The van der Waals surface area contributed by atoms with Gasteiger partial charge >= 0.3 is 0 Å². The number of carbonyl (C=O) groups excluding carboxylic acids is 2. The molecule has 0 bridgehead atoms. The minimum absolute atomic E-state index is 0.00313. The number of hydrogen-bond acceptors (Lipinski definition) is 5. The lowest BCUT2D eigenvalue weighted by molar-refractivity contribution is -0.122. The molecule has 1 atom stereocenters. The highest BCUT2D eigenvalue weighted by molar-refractivity contribution is 7.98. The molecule has 0 spiro atoms. The number of hydrogen-bond donors (Lipinski definition) is 2. The Balaban J connectivity index is 1.47. The third kappa shape index (κ3) is 4.20. The van der Waals surface area contributed by atoms with Crippen LogP contribution in [0.3, 0.4) is 0 Å². The summed E-state index contributed by atoms with van der Waals surface area (Å²) in [5.74, 6) is 0.858. The van der Waals surface area contributed by atoms with Crippen LogP contribution in [0.2, 0.25) is 0 Å². The lowest BCUT2D eigenvalue weighted by Gasteiger charge is -2.13. The van der Waals surface area contributed by atoms with E-state index in [4.69, 9.17) is 4.74 Å². The van der Waals surface area contributed by atoms with Crippen molar-refractivity contribution in [2.24, 2.45) is 0 Å². The fourth-order valence-corrected chi connectivity index (χ4v) is 4.39. The van der Waals surface area contributed by atoms with Gasteiger partial charge in [0.15, 0.2) is 0 Å². The molecule has 148 valence electrons. The van der Waals surface area contributed by atoms with Crippen molar-refractivity contribution in [2.75, 3.05) is 18.5 Å². The van der Waals surface area contributed by atoms with Gasteiger partial charge in [0.2, 0.25) is 5.91 Å². The topological polar surface area (TPSA) is 85.2 Å². The second-order valence-corrected chi connectivity index (χ2v) is 7.81. The molecule has 2 N–H and O–H groups in total. The van der Waals surface area contributed by atoms with Gasteiger partial charge in [-0.2, -0.15) is 16.9 Å². The summed E-state index contributed by atoms with van der Waals surface area (Å²) in [5, 5.41) is 10.2. The van der Waals surface area contributed by atoms with Crippen molar-refractivity contribution in [1.82, 2.24) is 15.1 Å². The molecular formula is C19H21FN4O3S. The Kier molecular flexibility index (Phi) is 5.63. The zero-order valence-corrected chi connectivity index (χ0v) is 16.1. The Morgan fingerprint density at radius 3 is 3.04 bits per heavy atom. The van der Waals surface area contributed by atoms with E-state index in [1.807, 2.05) is 0 Å². The number of aromatic nitrogens is 2. The Hall–Kier alpha value is -2.39. The minimum atomic E-state index is -0.476. The highest BCUT2D eigenvalue weighted by Gasteiger charge is 2.25. The monoisotopic (exact) mass is 404 g/mol. The van der Waals surface area contributed by atoms with Crippen LogP contribution in [0.25, 0.3) is 0 Å². The molecule has 9 heteroatoms. The second-order valence-electron chi connectivity index (χ2n) is 6.83. The number of halogens is 1. The van der Waals surface area contributed by atoms with Crippen LogP contribution in [-0.2, 0) is 27.6 Å². The highest BCUT2D eigenvalue weighted by Crippen LogP contribution is 2.34. The lowest BCUT2D eigenvalue weighted by Crippen LogP contribution is -2.34. The van der Waals surface area contributed by atoms with E-state index >= 15 is 0 Å². The molecule has 2 aromatic rings. The number of fused-ring (bicyclic) bond motifs is 1. The van der Waals surface area contributed by atoms with Gasteiger partial charge in [0.05, 0.1) is 11.8 Å². The maximum absolute atomic E-state index is 13.4. The third-order valence-electron chi connectivity index (χ3n) is 4.78. The van der Waals surface area contributed by atoms with Crippen molar-refractivity contribution in [1.29, 1.82) is 0 Å². The largest absolute Gasteiger partial charge is 0.376 e. The van der Waals surface area contributed by atoms with Gasteiger partial charge in [-0.05, 0) is 31.0 Å². The molecule has 28 heavy (non-hydrogen) atoms. The molecule has 4 rings (SSSR count). The second kappa shape index (κ2) is 8.32. The van der Waals surface area contributed by atoms with Crippen LogP contribution < -0.4 is 10.6 Å². The zero-order chi connectivity index (χ0) is 19.5. The van der Waals surface area contributed by atoms with Gasteiger partial charge in [-0.1, -0.05) is 6.07 Å². The number of benzene rings is 1. The summed E-state index contributed by atoms with van der Waals surface area (Å²) in [5.41, 5.74) is 2.00. The molecule has 3 heterocycles. The van der Waals surface area contributed by atoms with E-state index < -0.39 is 11.7 Å². The minimum Gasteiger partial charge on any atom is -0.376 e. The average molecular weight is 404 g/mol. The van der Waals surface area contributed by atoms with Crippen molar-refractivity contribution < 1.29 is 18.7 Å². The van der Waals surface area contributed by atoms with E-state index in [1.165, 1.54) is 22.9 Å². The van der Waals surface area contributed by atoms with E-state index in [0.29, 0.717) is 18.1 Å². The fraction of sp³-hybridized carbons (Fsp3) is 0.421. The van der Waals surface area contributed by atoms with Crippen LogP contribution in [0, 0.1) is 5.82 Å². The van der Waals surface area contributed by atoms with Gasteiger partial charge in [0, 0.05) is 35.8 Å². The highest BCUT2D eigenvalue weighted by atomic mass is 32.2. The molecule has 7 nitrogen and oxygen atoms in total. The number of rotatable bonds is 6. The fourth-order valence-electron chi connectivity index (χ4n) is 3.35. The number of ether oxygens (including phenoxy) is 1. The first-order valence-corrected chi connectivity index (χ1v) is 10.4. The lowest BCUT2D eigenvalue weighted by atomic mass is 10.2. The number of carbonyl (C=O) groups is 2. The molecule has 2 aliphatic rings. The van der Waals surface area contributed by atoms with Gasteiger partial charge in [-0.25, -0.2) is 9.07 Å². The van der Waals surface area contributed by atoms with Crippen molar-refractivity contribution in [3.05, 3.63) is 46.9 Å². The van der Waals surface area contributed by atoms with Crippen molar-refractivity contribution in [3.8, 4) is 0 Å². The van der Waals surface area contributed by atoms with Crippen LogP contribution in [0.5, 0.6) is 0 Å². The maximum atomic E-state index is 13.4. The van der Waals surface area contributed by atoms with Crippen molar-refractivity contribution >= 4 is 29.4 Å². The number of thioether (sulfide) groups is 1. The summed E-state index contributed by atoms with van der Waals surface area (Å²) < 4.78 is 20.5. The molecule has 1 fully saturated rings. The van der Waals surface area contributed by atoms with Crippen LogP contribution in [0.15, 0.2) is 24.3 Å². The molecule has 2 aliphatic heterocycles. The smallest absolute Gasteiger partial charge is 0.256 e. The predicted octanol–water partition coefficient (Wildman–Crippen LogP) is 2.32. The number of nitrogens with zero attached hydrogens (tertiary/aromatic N) is 2. The molecule has 1 aromatic heterocycles. The quantitative estimate of drug-likeness (QED) is 0.772. The van der Waals surface area contributed by atoms with Gasteiger partial charge in [0.25, 0.3) is 5.91 Å². The van der Waals surface area contributed by atoms with E-state index in [-0.39, 0.29) is 24.1 Å². The maximum Gasteiger partial charge on any atom is 0.256 e. The Morgan fingerprint density at radius 2 is 2.25 bits per heavy atom. The van der Waals surface area contributed by atoms with Crippen LogP contribution in [0.4, 0.5) is 10.2 Å². The summed E-state index contributed by atoms with van der Waals surface area (Å²) in [7, 11) is 0. The molecule has 1 unspecified atom stereocenters.